The average molecular weight is 673 g/mol. The number of carbonyl (C=O) groups excluding carboxylic acids is 2. The summed E-state index contributed by atoms with van der Waals surface area (Å²) in [5.74, 6) is -0.470. The largest absolute Gasteiger partial charge is 0.495 e. The number of anilines is 1. The number of likely N-dealkylation sites (N-methyl/N-ethyl adjacent to an activating group) is 1. The van der Waals surface area contributed by atoms with Gasteiger partial charge in [0.15, 0.2) is 11.5 Å². The maximum absolute atomic E-state index is 14.3. The third kappa shape index (κ3) is 7.77. The first kappa shape index (κ1) is 34.1. The van der Waals surface area contributed by atoms with Gasteiger partial charge in [0.05, 0.1) is 42.0 Å². The van der Waals surface area contributed by atoms with Crippen LogP contribution >= 0.6 is 34.8 Å². The third-order valence-corrected chi connectivity index (χ3v) is 9.33. The summed E-state index contributed by atoms with van der Waals surface area (Å²) in [7, 11) is 1.16. The highest BCUT2D eigenvalue weighted by Gasteiger charge is 2.35. The van der Waals surface area contributed by atoms with Crippen molar-refractivity contribution in [3.63, 3.8) is 0 Å². The third-order valence-electron chi connectivity index (χ3n) is 6.60. The fourth-order valence-electron chi connectivity index (χ4n) is 4.40. The van der Waals surface area contributed by atoms with Crippen molar-refractivity contribution in [1.29, 1.82) is 0 Å². The number of ether oxygens (including phenoxy) is 3. The number of hydrogen-bond acceptors (Lipinski definition) is 7. The van der Waals surface area contributed by atoms with Gasteiger partial charge in [0.25, 0.3) is 10.0 Å². The average Bonchev–Trinajstić information content (AvgIpc) is 3.00. The van der Waals surface area contributed by atoms with Crippen molar-refractivity contribution < 1.29 is 32.2 Å². The van der Waals surface area contributed by atoms with E-state index in [1.165, 1.54) is 69.7 Å². The zero-order valence-electron chi connectivity index (χ0n) is 24.2. The molecule has 1 atom stereocenters. The zero-order chi connectivity index (χ0) is 31.9. The van der Waals surface area contributed by atoms with E-state index in [1.54, 1.807) is 25.1 Å². The molecule has 1 N–H and O–H groups in total. The molecule has 0 spiro atoms. The Kier molecular flexibility index (Phi) is 11.8. The molecule has 0 bridgehead atoms. The van der Waals surface area contributed by atoms with Crippen LogP contribution in [-0.4, -0.2) is 66.1 Å². The zero-order valence-corrected chi connectivity index (χ0v) is 27.3. The fourth-order valence-corrected chi connectivity index (χ4v) is 6.32. The molecular weight excluding hydrogens is 641 g/mol. The molecule has 0 fully saturated rings. The summed E-state index contributed by atoms with van der Waals surface area (Å²) in [5.41, 5.74) is 0.598. The van der Waals surface area contributed by atoms with Gasteiger partial charge in [-0.1, -0.05) is 47.8 Å². The van der Waals surface area contributed by atoms with Gasteiger partial charge in [-0.15, -0.1) is 0 Å². The normalized spacial score (nSPS) is 11.8. The molecule has 3 aromatic rings. The van der Waals surface area contributed by atoms with Crippen LogP contribution in [0.15, 0.2) is 59.5 Å². The van der Waals surface area contributed by atoms with E-state index in [0.29, 0.717) is 16.3 Å². The van der Waals surface area contributed by atoms with Gasteiger partial charge in [0, 0.05) is 24.7 Å². The molecule has 0 saturated heterocycles. The molecule has 10 nitrogen and oxygen atoms in total. The molecule has 43 heavy (non-hydrogen) atoms. The molecule has 3 aromatic carbocycles. The van der Waals surface area contributed by atoms with Crippen LogP contribution in [-0.2, 0) is 26.2 Å². The van der Waals surface area contributed by atoms with Crippen molar-refractivity contribution in [3.8, 4) is 17.2 Å². The van der Waals surface area contributed by atoms with Gasteiger partial charge in [-0.05, 0) is 54.4 Å². The van der Waals surface area contributed by atoms with E-state index < -0.39 is 34.4 Å². The predicted molar refractivity (Wildman–Crippen MR) is 167 cm³/mol. The summed E-state index contributed by atoms with van der Waals surface area (Å²) < 4.78 is 45.4. The summed E-state index contributed by atoms with van der Waals surface area (Å²) in [4.78, 5) is 28.2. The fraction of sp³-hybridized carbons (Fsp3) is 0.310. The van der Waals surface area contributed by atoms with E-state index in [1.807, 2.05) is 0 Å². The molecule has 2 amide bonds. The molecule has 0 aliphatic heterocycles. The van der Waals surface area contributed by atoms with E-state index >= 15 is 0 Å². The minimum atomic E-state index is -4.46. The number of benzene rings is 3. The van der Waals surface area contributed by atoms with Crippen LogP contribution in [0.4, 0.5) is 5.69 Å². The molecule has 3 rings (SSSR count). The lowest BCUT2D eigenvalue weighted by Crippen LogP contribution is -2.51. The lowest BCUT2D eigenvalue weighted by Gasteiger charge is -2.33. The number of sulfonamides is 1. The van der Waals surface area contributed by atoms with Crippen molar-refractivity contribution in [2.45, 2.75) is 30.8 Å². The van der Waals surface area contributed by atoms with Crippen LogP contribution in [0.2, 0.25) is 15.1 Å². The second-order valence-electron chi connectivity index (χ2n) is 9.15. The molecule has 0 heterocycles. The number of nitrogens with one attached hydrogen (secondary N) is 1. The van der Waals surface area contributed by atoms with Crippen LogP contribution in [0.25, 0.3) is 0 Å². The second-order valence-corrected chi connectivity index (χ2v) is 12.3. The topological polar surface area (TPSA) is 114 Å². The van der Waals surface area contributed by atoms with Gasteiger partial charge >= 0.3 is 0 Å². The number of amides is 2. The minimum absolute atomic E-state index is 0.0145. The van der Waals surface area contributed by atoms with E-state index in [4.69, 9.17) is 49.0 Å². The highest BCUT2D eigenvalue weighted by molar-refractivity contribution is 7.92. The predicted octanol–water partition coefficient (Wildman–Crippen LogP) is 5.42. The number of rotatable bonds is 13. The standard InChI is InChI=1S/C29H32Cl3N3O7S/c1-6-23(29(37)33-2)34(16-18-7-10-21(31)22(32)13-18)28(36)17-35(24-14-19(30)8-11-25(24)40-3)43(38,39)20-9-12-26(41-4)27(15-20)42-5/h7-15,23H,6,16-17H2,1-5H3,(H,33,37)/t23-/m0/s1. The van der Waals surface area contributed by atoms with E-state index in [9.17, 15) is 18.0 Å². The summed E-state index contributed by atoms with van der Waals surface area (Å²) in [5, 5.41) is 3.37. The van der Waals surface area contributed by atoms with Crippen molar-refractivity contribution >= 4 is 62.3 Å². The lowest BCUT2D eigenvalue weighted by molar-refractivity contribution is -0.140. The molecule has 0 saturated carbocycles. The van der Waals surface area contributed by atoms with Gasteiger partial charge in [-0.25, -0.2) is 8.42 Å². The Hall–Kier alpha value is -3.38. The summed E-state index contributed by atoms with van der Waals surface area (Å²) in [6.45, 7) is 0.980. The lowest BCUT2D eigenvalue weighted by atomic mass is 10.1. The molecular formula is C29H32Cl3N3O7S. The molecule has 0 aliphatic rings. The van der Waals surface area contributed by atoms with Crippen LogP contribution in [0.3, 0.4) is 0 Å². The Labute approximate surface area is 266 Å². The first-order chi connectivity index (χ1) is 20.4. The molecule has 0 unspecified atom stereocenters. The van der Waals surface area contributed by atoms with Crippen LogP contribution in [0.5, 0.6) is 17.2 Å². The Morgan fingerprint density at radius 2 is 1.51 bits per heavy atom. The monoisotopic (exact) mass is 671 g/mol. The van der Waals surface area contributed by atoms with E-state index in [0.717, 1.165) is 4.31 Å². The maximum Gasteiger partial charge on any atom is 0.265 e. The smallest absolute Gasteiger partial charge is 0.265 e. The van der Waals surface area contributed by atoms with Gasteiger partial charge < -0.3 is 24.4 Å². The molecule has 0 aliphatic carbocycles. The van der Waals surface area contributed by atoms with Gasteiger partial charge in [0.1, 0.15) is 18.3 Å². The quantitative estimate of drug-likeness (QED) is 0.258. The van der Waals surface area contributed by atoms with E-state index in [-0.39, 0.29) is 45.1 Å². The van der Waals surface area contributed by atoms with Gasteiger partial charge in [-0.2, -0.15) is 0 Å². The summed E-state index contributed by atoms with van der Waals surface area (Å²) in [6.07, 6.45) is 0.246. The molecule has 232 valence electrons. The summed E-state index contributed by atoms with van der Waals surface area (Å²) >= 11 is 18.6. The van der Waals surface area contributed by atoms with Crippen molar-refractivity contribution in [2.24, 2.45) is 0 Å². The molecule has 0 aromatic heterocycles. The Morgan fingerprint density at radius 1 is 0.860 bits per heavy atom. The number of carbonyl (C=O) groups is 2. The SMILES string of the molecule is CC[C@@H](C(=O)NC)N(Cc1ccc(Cl)c(Cl)c1)C(=O)CN(c1cc(Cl)ccc1OC)S(=O)(=O)c1ccc(OC)c(OC)c1. The van der Waals surface area contributed by atoms with Crippen LogP contribution in [0, 0.1) is 0 Å². The van der Waals surface area contributed by atoms with Crippen LogP contribution in [0.1, 0.15) is 18.9 Å². The van der Waals surface area contributed by atoms with E-state index in [2.05, 4.69) is 5.32 Å². The first-order valence-corrected chi connectivity index (χ1v) is 15.5. The van der Waals surface area contributed by atoms with Crippen molar-refractivity contribution in [1.82, 2.24) is 10.2 Å². The highest BCUT2D eigenvalue weighted by Crippen LogP contribution is 2.37. The molecule has 0 radical (unpaired) electrons. The van der Waals surface area contributed by atoms with Crippen molar-refractivity contribution in [3.05, 3.63) is 75.2 Å². The summed E-state index contributed by atoms with van der Waals surface area (Å²) in [6, 6.07) is 12.4. The molecule has 14 heteroatoms. The number of methoxy groups -OCH3 is 3. The number of nitrogens with zero attached hydrogens (tertiary/aromatic N) is 2. The minimum Gasteiger partial charge on any atom is -0.495 e. The number of hydrogen-bond donors (Lipinski definition) is 1. The maximum atomic E-state index is 14.3. The Morgan fingerprint density at radius 3 is 2.09 bits per heavy atom. The Bertz CT molecular complexity index is 1590. The second kappa shape index (κ2) is 14.9. The van der Waals surface area contributed by atoms with Crippen molar-refractivity contribution in [2.75, 3.05) is 39.2 Å². The van der Waals surface area contributed by atoms with Gasteiger partial charge in [-0.3, -0.25) is 13.9 Å². The Balaban J connectivity index is 2.18. The highest BCUT2D eigenvalue weighted by atomic mass is 35.5. The van der Waals surface area contributed by atoms with Crippen LogP contribution < -0.4 is 23.8 Å². The number of halogens is 3. The first-order valence-electron chi connectivity index (χ1n) is 12.9. The van der Waals surface area contributed by atoms with Gasteiger partial charge in [0.2, 0.25) is 11.8 Å².